The SMILES string of the molecule is CN(C)C(=O)CN=C(NC1CC1)N(C)Cc1ccc[nH]1. The van der Waals surface area contributed by atoms with Gasteiger partial charge in [-0.25, -0.2) is 4.99 Å². The maximum absolute atomic E-state index is 11.7. The maximum atomic E-state index is 11.7. The molecule has 0 spiro atoms. The Bertz CT molecular complexity index is 462. The first-order valence-electron chi connectivity index (χ1n) is 6.91. The predicted octanol–water partition coefficient (Wildman–Crippen LogP) is 0.643. The zero-order valence-electron chi connectivity index (χ0n) is 12.4. The number of guanidine groups is 1. The van der Waals surface area contributed by atoms with E-state index in [1.54, 1.807) is 19.0 Å². The van der Waals surface area contributed by atoms with Gasteiger partial charge in [-0.1, -0.05) is 0 Å². The zero-order valence-corrected chi connectivity index (χ0v) is 12.4. The largest absolute Gasteiger partial charge is 0.364 e. The number of aromatic nitrogens is 1. The molecule has 6 nitrogen and oxygen atoms in total. The summed E-state index contributed by atoms with van der Waals surface area (Å²) in [5.41, 5.74) is 1.12. The summed E-state index contributed by atoms with van der Waals surface area (Å²) < 4.78 is 0. The lowest BCUT2D eigenvalue weighted by atomic mass is 10.4. The standard InChI is InChI=1S/C14H23N5O/c1-18(2)13(20)9-16-14(17-11-6-7-11)19(3)10-12-5-4-8-15-12/h4-5,8,11,15H,6-7,9-10H2,1-3H3,(H,16,17). The Labute approximate surface area is 119 Å². The van der Waals surface area contributed by atoms with Crippen molar-refractivity contribution >= 4 is 11.9 Å². The number of nitrogens with one attached hydrogen (secondary N) is 2. The highest BCUT2D eigenvalue weighted by atomic mass is 16.2. The Morgan fingerprint density at radius 1 is 1.45 bits per heavy atom. The van der Waals surface area contributed by atoms with Crippen LogP contribution in [0.15, 0.2) is 23.3 Å². The number of likely N-dealkylation sites (N-methyl/N-ethyl adjacent to an activating group) is 1. The summed E-state index contributed by atoms with van der Waals surface area (Å²) in [4.78, 5) is 22.9. The molecule has 0 aliphatic heterocycles. The molecule has 1 amide bonds. The second-order valence-corrected chi connectivity index (χ2v) is 5.40. The fourth-order valence-electron chi connectivity index (χ4n) is 1.77. The highest BCUT2D eigenvalue weighted by Crippen LogP contribution is 2.19. The number of carbonyl (C=O) groups is 1. The number of amides is 1. The molecule has 1 aliphatic carbocycles. The highest BCUT2D eigenvalue weighted by molar-refractivity contribution is 5.85. The zero-order chi connectivity index (χ0) is 14.5. The minimum atomic E-state index is 0.00775. The van der Waals surface area contributed by atoms with Crippen molar-refractivity contribution in [2.45, 2.75) is 25.4 Å². The van der Waals surface area contributed by atoms with E-state index < -0.39 is 0 Å². The summed E-state index contributed by atoms with van der Waals surface area (Å²) in [6.07, 6.45) is 4.26. The Balaban J connectivity index is 1.97. The molecular weight excluding hydrogens is 254 g/mol. The van der Waals surface area contributed by atoms with Crippen molar-refractivity contribution < 1.29 is 4.79 Å². The van der Waals surface area contributed by atoms with Crippen LogP contribution in [0.2, 0.25) is 0 Å². The fraction of sp³-hybridized carbons (Fsp3) is 0.571. The molecule has 1 aromatic rings. The van der Waals surface area contributed by atoms with Crippen LogP contribution in [0.4, 0.5) is 0 Å². The van der Waals surface area contributed by atoms with E-state index in [4.69, 9.17) is 0 Å². The van der Waals surface area contributed by atoms with Crippen molar-refractivity contribution in [1.82, 2.24) is 20.1 Å². The van der Waals surface area contributed by atoms with E-state index in [1.807, 2.05) is 30.3 Å². The minimum absolute atomic E-state index is 0.00775. The molecular formula is C14H23N5O. The third-order valence-electron chi connectivity index (χ3n) is 3.20. The van der Waals surface area contributed by atoms with Crippen molar-refractivity contribution in [3.8, 4) is 0 Å². The van der Waals surface area contributed by atoms with Crippen LogP contribution in [0.25, 0.3) is 0 Å². The first-order valence-corrected chi connectivity index (χ1v) is 6.91. The molecule has 1 saturated carbocycles. The van der Waals surface area contributed by atoms with Crippen molar-refractivity contribution in [2.75, 3.05) is 27.7 Å². The summed E-state index contributed by atoms with van der Waals surface area (Å²) in [5, 5.41) is 3.39. The van der Waals surface area contributed by atoms with Gasteiger partial charge >= 0.3 is 0 Å². The van der Waals surface area contributed by atoms with Crippen LogP contribution in [-0.4, -0.2) is 60.4 Å². The number of carbonyl (C=O) groups excluding carboxylic acids is 1. The van der Waals surface area contributed by atoms with E-state index in [0.29, 0.717) is 6.04 Å². The van der Waals surface area contributed by atoms with E-state index in [0.717, 1.165) is 18.2 Å². The Morgan fingerprint density at radius 2 is 2.20 bits per heavy atom. The van der Waals surface area contributed by atoms with E-state index in [-0.39, 0.29) is 12.5 Å². The van der Waals surface area contributed by atoms with E-state index >= 15 is 0 Å². The van der Waals surface area contributed by atoms with Crippen LogP contribution in [0.1, 0.15) is 18.5 Å². The smallest absolute Gasteiger partial charge is 0.243 e. The summed E-state index contributed by atoms with van der Waals surface area (Å²) in [6, 6.07) is 4.52. The first kappa shape index (κ1) is 14.4. The summed E-state index contributed by atoms with van der Waals surface area (Å²) in [7, 11) is 5.47. The molecule has 110 valence electrons. The lowest BCUT2D eigenvalue weighted by Crippen LogP contribution is -2.40. The first-order chi connectivity index (χ1) is 9.56. The normalized spacial score (nSPS) is 15.1. The van der Waals surface area contributed by atoms with Crippen molar-refractivity contribution in [3.05, 3.63) is 24.0 Å². The van der Waals surface area contributed by atoms with Crippen LogP contribution < -0.4 is 5.32 Å². The lowest BCUT2D eigenvalue weighted by Gasteiger charge is -2.22. The summed E-state index contributed by atoms with van der Waals surface area (Å²) >= 11 is 0. The van der Waals surface area contributed by atoms with E-state index in [9.17, 15) is 4.79 Å². The van der Waals surface area contributed by atoms with E-state index in [1.165, 1.54) is 12.8 Å². The summed E-state index contributed by atoms with van der Waals surface area (Å²) in [6.45, 7) is 0.916. The number of hydrogen-bond acceptors (Lipinski definition) is 2. The second-order valence-electron chi connectivity index (χ2n) is 5.40. The number of aromatic amines is 1. The third kappa shape index (κ3) is 4.29. The molecule has 2 rings (SSSR count). The van der Waals surface area contributed by atoms with Gasteiger partial charge < -0.3 is 20.1 Å². The topological polar surface area (TPSA) is 63.7 Å². The van der Waals surface area contributed by atoms with Gasteiger partial charge in [0.25, 0.3) is 0 Å². The minimum Gasteiger partial charge on any atom is -0.364 e. The lowest BCUT2D eigenvalue weighted by molar-refractivity contribution is -0.127. The Morgan fingerprint density at radius 3 is 2.75 bits per heavy atom. The van der Waals surface area contributed by atoms with Crippen molar-refractivity contribution in [1.29, 1.82) is 0 Å². The van der Waals surface area contributed by atoms with Crippen LogP contribution in [0, 0.1) is 0 Å². The van der Waals surface area contributed by atoms with Gasteiger partial charge in [0.15, 0.2) is 5.96 Å². The van der Waals surface area contributed by atoms with Crippen LogP contribution in [0.5, 0.6) is 0 Å². The molecule has 1 fully saturated rings. The molecule has 2 N–H and O–H groups in total. The van der Waals surface area contributed by atoms with Gasteiger partial charge in [0.2, 0.25) is 5.91 Å². The van der Waals surface area contributed by atoms with Crippen LogP contribution in [0.3, 0.4) is 0 Å². The molecule has 0 atom stereocenters. The van der Waals surface area contributed by atoms with Gasteiger partial charge in [-0.05, 0) is 25.0 Å². The number of H-pyrrole nitrogens is 1. The predicted molar refractivity (Wildman–Crippen MR) is 79.4 cm³/mol. The molecule has 1 heterocycles. The number of aliphatic imine (C=N–C) groups is 1. The van der Waals surface area contributed by atoms with Gasteiger partial charge in [-0.15, -0.1) is 0 Å². The molecule has 0 unspecified atom stereocenters. The van der Waals surface area contributed by atoms with Crippen LogP contribution in [-0.2, 0) is 11.3 Å². The van der Waals surface area contributed by atoms with Gasteiger partial charge in [-0.3, -0.25) is 4.79 Å². The molecule has 20 heavy (non-hydrogen) atoms. The maximum Gasteiger partial charge on any atom is 0.243 e. The number of rotatable bonds is 5. The third-order valence-corrected chi connectivity index (χ3v) is 3.20. The monoisotopic (exact) mass is 277 g/mol. The average Bonchev–Trinajstić information content (AvgIpc) is 3.09. The van der Waals surface area contributed by atoms with Gasteiger partial charge in [0, 0.05) is 39.1 Å². The molecule has 0 saturated heterocycles. The average molecular weight is 277 g/mol. The molecule has 0 bridgehead atoms. The quantitative estimate of drug-likeness (QED) is 0.613. The fourth-order valence-corrected chi connectivity index (χ4v) is 1.77. The number of hydrogen-bond donors (Lipinski definition) is 2. The highest BCUT2D eigenvalue weighted by Gasteiger charge is 2.24. The van der Waals surface area contributed by atoms with Crippen LogP contribution >= 0.6 is 0 Å². The van der Waals surface area contributed by atoms with Gasteiger partial charge in [-0.2, -0.15) is 0 Å². The van der Waals surface area contributed by atoms with Gasteiger partial charge in [0.1, 0.15) is 6.54 Å². The second kappa shape index (κ2) is 6.45. The van der Waals surface area contributed by atoms with E-state index in [2.05, 4.69) is 15.3 Å². The Kier molecular flexibility index (Phi) is 4.65. The Hall–Kier alpha value is -1.98. The molecule has 6 heteroatoms. The number of nitrogens with zero attached hydrogens (tertiary/aromatic N) is 3. The van der Waals surface area contributed by atoms with Crippen molar-refractivity contribution in [3.63, 3.8) is 0 Å². The molecule has 0 aromatic carbocycles. The van der Waals surface area contributed by atoms with Gasteiger partial charge in [0.05, 0.1) is 6.54 Å². The summed E-state index contributed by atoms with van der Waals surface area (Å²) in [5.74, 6) is 0.797. The molecule has 1 aromatic heterocycles. The molecule has 1 aliphatic rings. The molecule has 0 radical (unpaired) electrons. The van der Waals surface area contributed by atoms with Crippen molar-refractivity contribution in [2.24, 2.45) is 4.99 Å².